The van der Waals surface area contributed by atoms with Crippen molar-refractivity contribution in [3.8, 4) is 5.75 Å². The average Bonchev–Trinajstić information content (AvgIpc) is 2.75. The van der Waals surface area contributed by atoms with Gasteiger partial charge in [0.1, 0.15) is 11.4 Å². The highest BCUT2D eigenvalue weighted by atomic mass is 16.6. The van der Waals surface area contributed by atoms with E-state index in [-0.39, 0.29) is 0 Å². The van der Waals surface area contributed by atoms with Crippen molar-refractivity contribution < 1.29 is 14.3 Å². The number of carbonyl (C=O) groups is 1. The van der Waals surface area contributed by atoms with Crippen LogP contribution in [0.2, 0.25) is 0 Å². The summed E-state index contributed by atoms with van der Waals surface area (Å²) in [6, 6.07) is 1.93. The second-order valence-electron chi connectivity index (χ2n) is 5.91. The highest BCUT2D eigenvalue weighted by molar-refractivity contribution is 5.88. The molecule has 0 aliphatic carbocycles. The number of hydrogen-bond donors (Lipinski definition) is 2. The van der Waals surface area contributed by atoms with Gasteiger partial charge in [0.15, 0.2) is 0 Å². The van der Waals surface area contributed by atoms with Gasteiger partial charge in [-0.1, -0.05) is 0 Å². The lowest BCUT2D eigenvalue weighted by Gasteiger charge is -2.21. The third-order valence-electron chi connectivity index (χ3n) is 3.16. The zero-order chi connectivity index (χ0) is 14.9. The Hall–Kier alpha value is -1.91. The number of hydrogen-bond acceptors (Lipinski definition) is 4. The van der Waals surface area contributed by atoms with Crippen molar-refractivity contribution in [2.75, 3.05) is 24.3 Å². The van der Waals surface area contributed by atoms with E-state index in [0.717, 1.165) is 30.0 Å². The maximum absolute atomic E-state index is 11.9. The van der Waals surface area contributed by atoms with Crippen molar-refractivity contribution in [1.29, 1.82) is 0 Å². The first-order valence-corrected chi connectivity index (χ1v) is 6.76. The number of methoxy groups -OCH3 is 1. The predicted octanol–water partition coefficient (Wildman–Crippen LogP) is 3.32. The Morgan fingerprint density at radius 2 is 2.10 bits per heavy atom. The Morgan fingerprint density at radius 1 is 1.40 bits per heavy atom. The van der Waals surface area contributed by atoms with E-state index < -0.39 is 11.7 Å². The van der Waals surface area contributed by atoms with Crippen LogP contribution in [0.4, 0.5) is 16.2 Å². The number of fused-ring (bicyclic) bond motifs is 1. The summed E-state index contributed by atoms with van der Waals surface area (Å²) in [6.45, 7) is 8.34. The lowest BCUT2D eigenvalue weighted by molar-refractivity contribution is 0.0636. The summed E-state index contributed by atoms with van der Waals surface area (Å²) in [7, 11) is 1.65. The van der Waals surface area contributed by atoms with Crippen LogP contribution in [-0.4, -0.2) is 25.3 Å². The molecule has 2 N–H and O–H groups in total. The summed E-state index contributed by atoms with van der Waals surface area (Å²) in [6.07, 6.45) is 0.479. The molecule has 0 saturated heterocycles. The number of benzene rings is 1. The number of ether oxygens (including phenoxy) is 2. The summed E-state index contributed by atoms with van der Waals surface area (Å²) in [4.78, 5) is 11.9. The van der Waals surface area contributed by atoms with Crippen LogP contribution < -0.4 is 15.4 Å². The molecule has 0 radical (unpaired) electrons. The highest BCUT2D eigenvalue weighted by Crippen LogP contribution is 2.38. The zero-order valence-corrected chi connectivity index (χ0v) is 12.7. The summed E-state index contributed by atoms with van der Waals surface area (Å²) in [5, 5.41) is 6.08. The van der Waals surface area contributed by atoms with Crippen LogP contribution >= 0.6 is 0 Å². The molecule has 1 aromatic rings. The van der Waals surface area contributed by atoms with Crippen molar-refractivity contribution >= 4 is 17.5 Å². The maximum atomic E-state index is 11.9. The van der Waals surface area contributed by atoms with Gasteiger partial charge in [-0.15, -0.1) is 0 Å². The molecule has 0 atom stereocenters. The molecule has 20 heavy (non-hydrogen) atoms. The van der Waals surface area contributed by atoms with E-state index in [0.29, 0.717) is 5.69 Å². The van der Waals surface area contributed by atoms with Crippen LogP contribution in [0, 0.1) is 6.92 Å². The van der Waals surface area contributed by atoms with Crippen LogP contribution in [0.25, 0.3) is 0 Å². The predicted molar refractivity (Wildman–Crippen MR) is 79.8 cm³/mol. The van der Waals surface area contributed by atoms with Crippen LogP contribution in [0.15, 0.2) is 6.07 Å². The lowest BCUT2D eigenvalue weighted by Crippen LogP contribution is -2.27. The van der Waals surface area contributed by atoms with E-state index in [9.17, 15) is 4.79 Å². The minimum absolute atomic E-state index is 0.458. The van der Waals surface area contributed by atoms with E-state index in [2.05, 4.69) is 10.6 Å². The Morgan fingerprint density at radius 3 is 2.70 bits per heavy atom. The topological polar surface area (TPSA) is 59.6 Å². The van der Waals surface area contributed by atoms with Gasteiger partial charge in [-0.2, -0.15) is 0 Å². The Bertz CT molecular complexity index is 533. The van der Waals surface area contributed by atoms with Crippen LogP contribution in [0.3, 0.4) is 0 Å². The molecule has 0 spiro atoms. The summed E-state index contributed by atoms with van der Waals surface area (Å²) < 4.78 is 10.8. The van der Waals surface area contributed by atoms with Gasteiger partial charge in [0.25, 0.3) is 0 Å². The average molecular weight is 278 g/mol. The molecule has 0 unspecified atom stereocenters. The van der Waals surface area contributed by atoms with Gasteiger partial charge in [0.05, 0.1) is 12.8 Å². The van der Waals surface area contributed by atoms with Gasteiger partial charge < -0.3 is 14.8 Å². The first kappa shape index (κ1) is 14.5. The molecule has 1 aromatic carbocycles. The van der Waals surface area contributed by atoms with Crippen molar-refractivity contribution in [2.45, 2.75) is 39.7 Å². The van der Waals surface area contributed by atoms with Gasteiger partial charge in [-0.3, -0.25) is 5.32 Å². The largest absolute Gasteiger partial charge is 0.496 e. The molecule has 0 fully saturated rings. The van der Waals surface area contributed by atoms with Gasteiger partial charge in [-0.25, -0.2) is 4.79 Å². The first-order chi connectivity index (χ1) is 9.31. The second-order valence-corrected chi connectivity index (χ2v) is 5.91. The molecule has 5 heteroatoms. The van der Waals surface area contributed by atoms with Crippen molar-refractivity contribution in [2.24, 2.45) is 0 Å². The third kappa shape index (κ3) is 2.98. The molecule has 0 aromatic heterocycles. The lowest BCUT2D eigenvalue weighted by atomic mass is 10.0. The zero-order valence-electron chi connectivity index (χ0n) is 12.7. The normalized spacial score (nSPS) is 13.4. The molecule has 0 saturated carbocycles. The van der Waals surface area contributed by atoms with E-state index in [1.165, 1.54) is 5.56 Å². The number of rotatable bonds is 2. The van der Waals surface area contributed by atoms with E-state index in [1.807, 2.05) is 33.8 Å². The molecule has 2 rings (SSSR count). The van der Waals surface area contributed by atoms with Crippen molar-refractivity contribution in [3.05, 3.63) is 17.2 Å². The minimum Gasteiger partial charge on any atom is -0.496 e. The monoisotopic (exact) mass is 278 g/mol. The highest BCUT2D eigenvalue weighted by Gasteiger charge is 2.22. The Kier molecular flexibility index (Phi) is 3.79. The Labute approximate surface area is 119 Å². The van der Waals surface area contributed by atoms with Gasteiger partial charge in [0.2, 0.25) is 0 Å². The van der Waals surface area contributed by atoms with Gasteiger partial charge >= 0.3 is 6.09 Å². The molecule has 1 aliphatic rings. The first-order valence-electron chi connectivity index (χ1n) is 6.76. The van der Waals surface area contributed by atoms with Crippen molar-refractivity contribution in [1.82, 2.24) is 0 Å². The number of anilines is 2. The smallest absolute Gasteiger partial charge is 0.412 e. The summed E-state index contributed by atoms with van der Waals surface area (Å²) >= 11 is 0. The third-order valence-corrected chi connectivity index (χ3v) is 3.16. The number of carbonyl (C=O) groups excluding carboxylic acids is 1. The van der Waals surface area contributed by atoms with Crippen LogP contribution in [0.1, 0.15) is 31.9 Å². The quantitative estimate of drug-likeness (QED) is 0.871. The molecular formula is C15H22N2O3. The minimum atomic E-state index is -0.517. The fourth-order valence-corrected chi connectivity index (χ4v) is 2.36. The van der Waals surface area contributed by atoms with E-state index in [4.69, 9.17) is 9.47 Å². The number of nitrogens with one attached hydrogen (secondary N) is 2. The Balaban J connectivity index is 2.27. The summed E-state index contributed by atoms with van der Waals surface area (Å²) in [5.74, 6) is 0.832. The fourth-order valence-electron chi connectivity index (χ4n) is 2.36. The molecule has 0 bridgehead atoms. The summed E-state index contributed by atoms with van der Waals surface area (Å²) in [5.41, 5.74) is 3.29. The number of amides is 1. The second kappa shape index (κ2) is 5.23. The maximum Gasteiger partial charge on any atom is 0.412 e. The molecule has 5 nitrogen and oxygen atoms in total. The molecule has 1 aliphatic heterocycles. The van der Waals surface area contributed by atoms with Gasteiger partial charge in [-0.05, 0) is 40.2 Å². The standard InChI is InChI=1S/C15H22N2O3/c1-9-11(17-14(18)20-15(2,3)4)8-12-10(6-7-16-12)13(9)19-5/h8,16H,6-7H2,1-5H3,(H,17,18). The molecular weight excluding hydrogens is 256 g/mol. The molecule has 1 amide bonds. The van der Waals surface area contributed by atoms with E-state index in [1.54, 1.807) is 7.11 Å². The fraction of sp³-hybridized carbons (Fsp3) is 0.533. The SMILES string of the molecule is COc1c(C)c(NC(=O)OC(C)(C)C)cc2c1CCN2. The molecule has 110 valence electrons. The van der Waals surface area contributed by atoms with Crippen LogP contribution in [0.5, 0.6) is 5.75 Å². The van der Waals surface area contributed by atoms with Crippen molar-refractivity contribution in [3.63, 3.8) is 0 Å². The van der Waals surface area contributed by atoms with E-state index >= 15 is 0 Å². The van der Waals surface area contributed by atoms with Gasteiger partial charge in [0, 0.05) is 23.4 Å². The molecule has 1 heterocycles. The van der Waals surface area contributed by atoms with Crippen LogP contribution in [-0.2, 0) is 11.2 Å².